The van der Waals surface area contributed by atoms with Crippen molar-refractivity contribution in [2.24, 2.45) is 0 Å². The zero-order chi connectivity index (χ0) is 15.8. The van der Waals surface area contributed by atoms with Crippen LogP contribution in [0.15, 0.2) is 12.1 Å². The Hall–Kier alpha value is -0.780. The standard InChI is InChI=1S/C14H17Cl2NO3S/c1-3-9-5-6-12(15)11(4-2)14(9)17-8-10(7-13(17)18)21(16,19)20/h5-6,10H,3-4,7-8H2,1-2H3. The second kappa shape index (κ2) is 6.15. The highest BCUT2D eigenvalue weighted by atomic mass is 35.7. The molecule has 0 spiro atoms. The molecule has 1 saturated heterocycles. The fraction of sp³-hybridized carbons (Fsp3) is 0.500. The molecule has 0 aliphatic carbocycles. The zero-order valence-corrected chi connectivity index (χ0v) is 14.2. The van der Waals surface area contributed by atoms with Crippen LogP contribution < -0.4 is 4.90 Å². The van der Waals surface area contributed by atoms with Gasteiger partial charge in [-0.2, -0.15) is 0 Å². The fourth-order valence-corrected chi connectivity index (χ4v) is 4.01. The molecule has 1 aromatic carbocycles. The van der Waals surface area contributed by atoms with Crippen LogP contribution in [0, 0.1) is 0 Å². The summed E-state index contributed by atoms with van der Waals surface area (Å²) in [6, 6.07) is 3.70. The first-order valence-corrected chi connectivity index (χ1v) is 9.58. The SMILES string of the molecule is CCc1ccc(Cl)c(CC)c1N1CC(S(=O)(=O)Cl)CC1=O. The molecule has 4 nitrogen and oxygen atoms in total. The predicted octanol–water partition coefficient (Wildman–Crippen LogP) is 3.14. The number of anilines is 1. The van der Waals surface area contributed by atoms with Crippen molar-refractivity contribution in [2.45, 2.75) is 38.4 Å². The largest absolute Gasteiger partial charge is 0.310 e. The van der Waals surface area contributed by atoms with E-state index >= 15 is 0 Å². The molecule has 1 aliphatic heterocycles. The van der Waals surface area contributed by atoms with Crippen LogP contribution in [0.3, 0.4) is 0 Å². The van der Waals surface area contributed by atoms with Crippen LogP contribution in [-0.2, 0) is 26.7 Å². The van der Waals surface area contributed by atoms with Gasteiger partial charge in [0.05, 0.1) is 5.69 Å². The number of aryl methyl sites for hydroxylation is 1. The van der Waals surface area contributed by atoms with E-state index in [4.69, 9.17) is 22.3 Å². The summed E-state index contributed by atoms with van der Waals surface area (Å²) in [7, 11) is 1.65. The molecule has 0 radical (unpaired) electrons. The van der Waals surface area contributed by atoms with E-state index in [9.17, 15) is 13.2 Å². The molecule has 0 bridgehead atoms. The number of amides is 1. The Kier molecular flexibility index (Phi) is 4.85. The van der Waals surface area contributed by atoms with Crippen LogP contribution in [0.4, 0.5) is 5.69 Å². The molecule has 1 aromatic rings. The maximum absolute atomic E-state index is 12.2. The van der Waals surface area contributed by atoms with E-state index in [1.807, 2.05) is 26.0 Å². The molecule has 2 rings (SSSR count). The minimum Gasteiger partial charge on any atom is -0.310 e. The number of nitrogens with zero attached hydrogens (tertiary/aromatic N) is 1. The Balaban J connectivity index is 2.52. The average Bonchev–Trinajstić information content (AvgIpc) is 2.80. The third-order valence-electron chi connectivity index (χ3n) is 3.80. The lowest BCUT2D eigenvalue weighted by molar-refractivity contribution is -0.117. The summed E-state index contributed by atoms with van der Waals surface area (Å²) in [6.07, 6.45) is 1.33. The maximum Gasteiger partial charge on any atom is 0.237 e. The van der Waals surface area contributed by atoms with Crippen LogP contribution in [0.1, 0.15) is 31.4 Å². The zero-order valence-electron chi connectivity index (χ0n) is 11.9. The van der Waals surface area contributed by atoms with Crippen LogP contribution in [0.2, 0.25) is 5.02 Å². The summed E-state index contributed by atoms with van der Waals surface area (Å²) < 4.78 is 23.0. The molecule has 1 heterocycles. The third kappa shape index (κ3) is 3.20. The van der Waals surface area contributed by atoms with Gasteiger partial charge in [-0.15, -0.1) is 0 Å². The van der Waals surface area contributed by atoms with Crippen LogP contribution in [0.5, 0.6) is 0 Å². The normalized spacial score (nSPS) is 19.3. The summed E-state index contributed by atoms with van der Waals surface area (Å²) in [5.74, 6) is -0.226. The molecule has 1 fully saturated rings. The van der Waals surface area contributed by atoms with Crippen LogP contribution in [0.25, 0.3) is 0 Å². The van der Waals surface area contributed by atoms with E-state index < -0.39 is 14.3 Å². The highest BCUT2D eigenvalue weighted by Crippen LogP contribution is 2.36. The van der Waals surface area contributed by atoms with Gasteiger partial charge in [0.2, 0.25) is 15.0 Å². The molecule has 116 valence electrons. The van der Waals surface area contributed by atoms with Crippen LogP contribution >= 0.6 is 22.3 Å². The Morgan fingerprint density at radius 1 is 1.29 bits per heavy atom. The van der Waals surface area contributed by atoms with Gasteiger partial charge < -0.3 is 4.90 Å². The van der Waals surface area contributed by atoms with E-state index in [1.165, 1.54) is 4.90 Å². The Morgan fingerprint density at radius 2 is 1.95 bits per heavy atom. The van der Waals surface area contributed by atoms with Crippen molar-refractivity contribution >= 4 is 42.9 Å². The number of rotatable bonds is 4. The number of carbonyl (C=O) groups is 1. The molecular formula is C14H17Cl2NO3S. The highest BCUT2D eigenvalue weighted by molar-refractivity contribution is 8.14. The van der Waals surface area contributed by atoms with E-state index in [1.54, 1.807) is 0 Å². The van der Waals surface area contributed by atoms with E-state index in [-0.39, 0.29) is 18.9 Å². The van der Waals surface area contributed by atoms with Crippen molar-refractivity contribution in [3.05, 3.63) is 28.3 Å². The minimum atomic E-state index is -3.75. The molecule has 0 aromatic heterocycles. The molecule has 21 heavy (non-hydrogen) atoms. The molecule has 1 atom stereocenters. The molecule has 0 N–H and O–H groups in total. The molecule has 1 amide bonds. The molecule has 0 saturated carbocycles. The topological polar surface area (TPSA) is 54.5 Å². The van der Waals surface area contributed by atoms with Gasteiger partial charge in [-0.25, -0.2) is 8.42 Å². The second-order valence-corrected chi connectivity index (χ2v) is 8.36. The van der Waals surface area contributed by atoms with Gasteiger partial charge in [-0.05, 0) is 30.0 Å². The van der Waals surface area contributed by atoms with Gasteiger partial charge in [0, 0.05) is 28.7 Å². The van der Waals surface area contributed by atoms with E-state index in [0.717, 1.165) is 23.2 Å². The van der Waals surface area contributed by atoms with Crippen molar-refractivity contribution in [1.82, 2.24) is 0 Å². The number of hydrogen-bond acceptors (Lipinski definition) is 3. The van der Waals surface area contributed by atoms with Gasteiger partial charge in [0.15, 0.2) is 0 Å². The Morgan fingerprint density at radius 3 is 2.43 bits per heavy atom. The van der Waals surface area contributed by atoms with Crippen molar-refractivity contribution in [2.75, 3.05) is 11.4 Å². The lowest BCUT2D eigenvalue weighted by atomic mass is 10.0. The highest BCUT2D eigenvalue weighted by Gasteiger charge is 2.39. The molecule has 7 heteroatoms. The summed E-state index contributed by atoms with van der Waals surface area (Å²) in [5.41, 5.74) is 2.61. The minimum absolute atomic E-state index is 0.0787. The number of carbonyl (C=O) groups excluding carboxylic acids is 1. The summed E-state index contributed by atoms with van der Waals surface area (Å²) in [6.45, 7) is 4.04. The first kappa shape index (κ1) is 16.6. The van der Waals surface area contributed by atoms with Gasteiger partial charge in [-0.1, -0.05) is 31.5 Å². The lowest BCUT2D eigenvalue weighted by Gasteiger charge is -2.24. The van der Waals surface area contributed by atoms with E-state index in [0.29, 0.717) is 11.4 Å². The number of hydrogen-bond donors (Lipinski definition) is 0. The third-order valence-corrected chi connectivity index (χ3v) is 6.02. The molecule has 1 unspecified atom stereocenters. The predicted molar refractivity (Wildman–Crippen MR) is 85.7 cm³/mol. The van der Waals surface area contributed by atoms with Crippen LogP contribution in [-0.4, -0.2) is 26.1 Å². The smallest absolute Gasteiger partial charge is 0.237 e. The van der Waals surface area contributed by atoms with Crippen molar-refractivity contribution in [3.8, 4) is 0 Å². The number of benzene rings is 1. The van der Waals surface area contributed by atoms with E-state index in [2.05, 4.69) is 0 Å². The lowest BCUT2D eigenvalue weighted by Crippen LogP contribution is -2.28. The fourth-order valence-electron chi connectivity index (χ4n) is 2.70. The average molecular weight is 350 g/mol. The van der Waals surface area contributed by atoms with Gasteiger partial charge in [0.25, 0.3) is 0 Å². The van der Waals surface area contributed by atoms with Gasteiger partial charge >= 0.3 is 0 Å². The second-order valence-electron chi connectivity index (χ2n) is 5.05. The monoisotopic (exact) mass is 349 g/mol. The Labute approximate surface area is 134 Å². The summed E-state index contributed by atoms with van der Waals surface area (Å²) >= 11 is 6.23. The maximum atomic E-state index is 12.2. The van der Waals surface area contributed by atoms with Crippen molar-refractivity contribution < 1.29 is 13.2 Å². The Bertz CT molecular complexity index is 673. The first-order valence-electron chi connectivity index (χ1n) is 6.83. The van der Waals surface area contributed by atoms with Gasteiger partial charge in [0.1, 0.15) is 5.25 Å². The summed E-state index contributed by atoms with van der Waals surface area (Å²) in [5, 5.41) is -0.269. The van der Waals surface area contributed by atoms with Crippen molar-refractivity contribution in [3.63, 3.8) is 0 Å². The number of halogens is 2. The summed E-state index contributed by atoms with van der Waals surface area (Å²) in [4.78, 5) is 13.8. The van der Waals surface area contributed by atoms with Gasteiger partial charge in [-0.3, -0.25) is 4.79 Å². The quantitative estimate of drug-likeness (QED) is 0.784. The molecular weight excluding hydrogens is 333 g/mol. The van der Waals surface area contributed by atoms with Crippen molar-refractivity contribution in [1.29, 1.82) is 0 Å². The first-order chi connectivity index (χ1) is 9.79. The molecule has 1 aliphatic rings.